The summed E-state index contributed by atoms with van der Waals surface area (Å²) in [6.45, 7) is 2.95. The van der Waals surface area contributed by atoms with Crippen molar-refractivity contribution < 1.29 is 9.53 Å². The fourth-order valence-corrected chi connectivity index (χ4v) is 2.36. The number of amides is 1. The van der Waals surface area contributed by atoms with Crippen molar-refractivity contribution in [3.8, 4) is 18.1 Å². The van der Waals surface area contributed by atoms with Crippen molar-refractivity contribution in [2.24, 2.45) is 7.05 Å². The summed E-state index contributed by atoms with van der Waals surface area (Å²) in [4.78, 5) is 12.2. The summed E-state index contributed by atoms with van der Waals surface area (Å²) in [5.74, 6) is 3.28. The van der Waals surface area contributed by atoms with Crippen LogP contribution in [0, 0.1) is 19.3 Å². The minimum Gasteiger partial charge on any atom is -0.494 e. The molecule has 0 saturated heterocycles. The van der Waals surface area contributed by atoms with Crippen LogP contribution in [0.3, 0.4) is 0 Å². The Kier molecular flexibility index (Phi) is 6.44. The Morgan fingerprint density at radius 2 is 2.21 bits per heavy atom. The van der Waals surface area contributed by atoms with Crippen LogP contribution in [0.15, 0.2) is 30.3 Å². The van der Waals surface area contributed by atoms with Gasteiger partial charge in [-0.15, -0.1) is 12.3 Å². The number of nitrogens with zero attached hydrogens (tertiary/aromatic N) is 2. The average molecular weight is 325 g/mol. The molecule has 1 aromatic heterocycles. The number of carbonyl (C=O) groups excluding carboxylic acids is 1. The van der Waals surface area contributed by atoms with Gasteiger partial charge in [-0.3, -0.25) is 9.48 Å². The van der Waals surface area contributed by atoms with Crippen molar-refractivity contribution in [3.63, 3.8) is 0 Å². The second kappa shape index (κ2) is 8.78. The van der Waals surface area contributed by atoms with E-state index in [0.29, 0.717) is 18.8 Å². The van der Waals surface area contributed by atoms with Crippen molar-refractivity contribution in [1.29, 1.82) is 0 Å². The van der Waals surface area contributed by atoms with Crippen LogP contribution in [-0.2, 0) is 13.6 Å². The Hall–Kier alpha value is -2.74. The number of unbranched alkanes of at least 4 members (excludes halogenated alkanes) is 2. The van der Waals surface area contributed by atoms with Crippen LogP contribution < -0.4 is 10.1 Å². The third kappa shape index (κ3) is 5.17. The van der Waals surface area contributed by atoms with Crippen molar-refractivity contribution >= 4 is 5.91 Å². The monoisotopic (exact) mass is 325 g/mol. The number of aromatic nitrogens is 2. The summed E-state index contributed by atoms with van der Waals surface area (Å²) in [5.41, 5.74) is 2.36. The first-order valence-corrected chi connectivity index (χ1v) is 8.04. The second-order valence-electron chi connectivity index (χ2n) is 5.63. The molecule has 1 N–H and O–H groups in total. The number of ether oxygens (including phenoxy) is 1. The Balaban J connectivity index is 1.84. The first kappa shape index (κ1) is 17.6. The molecule has 0 aliphatic heterocycles. The van der Waals surface area contributed by atoms with Crippen LogP contribution in [0.4, 0.5) is 0 Å². The summed E-state index contributed by atoms with van der Waals surface area (Å²) in [7, 11) is 1.76. The molecule has 5 heteroatoms. The second-order valence-corrected chi connectivity index (χ2v) is 5.63. The first-order chi connectivity index (χ1) is 11.6. The molecule has 0 fully saturated rings. The van der Waals surface area contributed by atoms with Gasteiger partial charge in [0, 0.05) is 20.0 Å². The third-order valence-electron chi connectivity index (χ3n) is 3.57. The molecule has 2 rings (SSSR count). The van der Waals surface area contributed by atoms with Gasteiger partial charge in [-0.05, 0) is 43.5 Å². The quantitative estimate of drug-likeness (QED) is 0.600. The zero-order valence-corrected chi connectivity index (χ0v) is 14.2. The number of nitrogens with one attached hydrogen (secondary N) is 1. The number of terminal acetylenes is 1. The molecule has 0 aliphatic rings. The summed E-state index contributed by atoms with van der Waals surface area (Å²) >= 11 is 0. The summed E-state index contributed by atoms with van der Waals surface area (Å²) < 4.78 is 7.30. The predicted molar refractivity (Wildman–Crippen MR) is 93.7 cm³/mol. The third-order valence-corrected chi connectivity index (χ3v) is 3.57. The molecular weight excluding hydrogens is 302 g/mol. The van der Waals surface area contributed by atoms with Crippen molar-refractivity contribution in [2.45, 2.75) is 32.7 Å². The van der Waals surface area contributed by atoms with E-state index in [4.69, 9.17) is 11.2 Å². The van der Waals surface area contributed by atoms with Gasteiger partial charge in [0.2, 0.25) is 0 Å². The maximum atomic E-state index is 12.2. The van der Waals surface area contributed by atoms with E-state index >= 15 is 0 Å². The molecule has 0 unspecified atom stereocenters. The average Bonchev–Trinajstić information content (AvgIpc) is 2.91. The molecular formula is C19H23N3O2. The maximum absolute atomic E-state index is 12.2. The minimum atomic E-state index is -0.140. The molecule has 126 valence electrons. The number of carbonyl (C=O) groups is 1. The Bertz CT molecular complexity index is 728. The van der Waals surface area contributed by atoms with Crippen LogP contribution in [0.5, 0.6) is 5.75 Å². The van der Waals surface area contributed by atoms with Gasteiger partial charge in [0.15, 0.2) is 0 Å². The molecule has 2 aromatic rings. The standard InChI is InChI=1S/C19H23N3O2/c1-4-5-6-7-11-24-17-10-8-9-16(13-17)14-20-19(23)18-12-15(2)21-22(18)3/h1,8-10,12-13H,5-7,11,14H2,2-3H3,(H,20,23). The lowest BCUT2D eigenvalue weighted by molar-refractivity contribution is 0.0941. The van der Waals surface area contributed by atoms with Crippen molar-refractivity contribution in [3.05, 3.63) is 47.3 Å². The zero-order chi connectivity index (χ0) is 17.4. The fourth-order valence-electron chi connectivity index (χ4n) is 2.36. The summed E-state index contributed by atoms with van der Waals surface area (Å²) in [5, 5.41) is 7.08. The highest BCUT2D eigenvalue weighted by molar-refractivity contribution is 5.92. The van der Waals surface area contributed by atoms with Crippen LogP contribution in [0.25, 0.3) is 0 Å². The van der Waals surface area contributed by atoms with E-state index in [1.54, 1.807) is 17.8 Å². The fraction of sp³-hybridized carbons (Fsp3) is 0.368. The largest absolute Gasteiger partial charge is 0.494 e. The summed E-state index contributed by atoms with van der Waals surface area (Å²) in [6.07, 6.45) is 7.91. The lowest BCUT2D eigenvalue weighted by Gasteiger charge is -2.09. The Morgan fingerprint density at radius 3 is 2.92 bits per heavy atom. The molecule has 0 atom stereocenters. The van der Waals surface area contributed by atoms with E-state index in [0.717, 1.165) is 36.3 Å². The van der Waals surface area contributed by atoms with Gasteiger partial charge in [0.1, 0.15) is 11.4 Å². The summed E-state index contributed by atoms with van der Waals surface area (Å²) in [6, 6.07) is 9.50. The molecule has 0 aliphatic carbocycles. The Labute approximate surface area is 143 Å². The van der Waals surface area contributed by atoms with Crippen LogP contribution >= 0.6 is 0 Å². The SMILES string of the molecule is C#CCCCCOc1cccc(CNC(=O)c2cc(C)nn2C)c1. The molecule has 0 radical (unpaired) electrons. The van der Waals surface area contributed by atoms with Gasteiger partial charge in [0.25, 0.3) is 5.91 Å². The van der Waals surface area contributed by atoms with E-state index < -0.39 is 0 Å². The van der Waals surface area contributed by atoms with Gasteiger partial charge in [0.05, 0.1) is 12.3 Å². The normalized spacial score (nSPS) is 10.2. The van der Waals surface area contributed by atoms with Crippen LogP contribution in [-0.4, -0.2) is 22.3 Å². The topological polar surface area (TPSA) is 56.1 Å². The van der Waals surface area contributed by atoms with E-state index in [9.17, 15) is 4.79 Å². The van der Waals surface area contributed by atoms with Gasteiger partial charge < -0.3 is 10.1 Å². The first-order valence-electron chi connectivity index (χ1n) is 8.04. The number of aryl methyl sites for hydroxylation is 2. The number of rotatable bonds is 8. The van der Waals surface area contributed by atoms with Gasteiger partial charge in [-0.25, -0.2) is 0 Å². The molecule has 24 heavy (non-hydrogen) atoms. The predicted octanol–water partition coefficient (Wildman–Crippen LogP) is 2.84. The van der Waals surface area contributed by atoms with Gasteiger partial charge in [-0.2, -0.15) is 5.10 Å². The van der Waals surface area contributed by atoms with E-state index in [1.165, 1.54) is 0 Å². The van der Waals surface area contributed by atoms with E-state index in [1.807, 2.05) is 31.2 Å². The smallest absolute Gasteiger partial charge is 0.269 e. The van der Waals surface area contributed by atoms with Crippen LogP contribution in [0.1, 0.15) is 41.0 Å². The minimum absolute atomic E-state index is 0.140. The molecule has 0 bridgehead atoms. The van der Waals surface area contributed by atoms with Gasteiger partial charge >= 0.3 is 0 Å². The Morgan fingerprint density at radius 1 is 1.38 bits per heavy atom. The number of hydrogen-bond acceptors (Lipinski definition) is 3. The highest BCUT2D eigenvalue weighted by Gasteiger charge is 2.11. The molecule has 0 spiro atoms. The highest BCUT2D eigenvalue weighted by atomic mass is 16.5. The molecule has 1 heterocycles. The molecule has 0 saturated carbocycles. The van der Waals surface area contributed by atoms with Crippen molar-refractivity contribution in [1.82, 2.24) is 15.1 Å². The lowest BCUT2D eigenvalue weighted by Crippen LogP contribution is -2.25. The van der Waals surface area contributed by atoms with E-state index in [-0.39, 0.29) is 5.91 Å². The molecule has 1 amide bonds. The highest BCUT2D eigenvalue weighted by Crippen LogP contribution is 2.14. The van der Waals surface area contributed by atoms with Crippen molar-refractivity contribution in [2.75, 3.05) is 6.61 Å². The molecule has 5 nitrogen and oxygen atoms in total. The number of hydrogen-bond donors (Lipinski definition) is 1. The molecule has 1 aromatic carbocycles. The number of benzene rings is 1. The van der Waals surface area contributed by atoms with Crippen LogP contribution in [0.2, 0.25) is 0 Å². The van der Waals surface area contributed by atoms with Gasteiger partial charge in [-0.1, -0.05) is 12.1 Å². The lowest BCUT2D eigenvalue weighted by atomic mass is 10.2. The maximum Gasteiger partial charge on any atom is 0.269 e. The zero-order valence-electron chi connectivity index (χ0n) is 14.2. The van der Waals surface area contributed by atoms with E-state index in [2.05, 4.69) is 16.3 Å².